The SMILES string of the molecule is C=C1NC(=O)C(C)=CN1C1O[C@H](CCP(=C)(C)C)[C@@H](O)[C@H]1O.C=C1NC(=O)C=CN1C1O[C@H](CCP(=C)(C)C)[C@@H](O)[C@H]1OC.C=P(C)(C)CC[C@H]1OC(n2ccc(=O)n(C)c2=O)[C@H](O)[C@@H]1O.C=P(C)(C)CC[C@H]1O[C@@H](n2cc(C(=O)CC(C)=O)c(=O)[nH]c2=O)[C@H](O)[C@@H]1O.C=P(C)(C)CC[C@H]1O[C@@H](n2cc(C(=O)COC(C)=O)c(=O)[nH]c2=O)[C@H](O)[C@@H]1O. The van der Waals surface area contributed by atoms with Crippen molar-refractivity contribution < 1.29 is 108 Å². The van der Waals surface area contributed by atoms with Gasteiger partial charge >= 0.3 is 23.0 Å². The fourth-order valence-electron chi connectivity index (χ4n) is 13.3. The van der Waals surface area contributed by atoms with Crippen LogP contribution in [0.4, 0.5) is 0 Å². The van der Waals surface area contributed by atoms with Crippen molar-refractivity contribution in [3.05, 3.63) is 147 Å². The predicted octanol–water partition coefficient (Wildman–Crippen LogP) is -1.37. The van der Waals surface area contributed by atoms with Gasteiger partial charge in [0.1, 0.15) is 84.0 Å². The van der Waals surface area contributed by atoms with Crippen molar-refractivity contribution in [3.63, 3.8) is 0 Å². The second-order valence-corrected chi connectivity index (χ2v) is 55.9. The van der Waals surface area contributed by atoms with Gasteiger partial charge in [-0.2, -0.15) is 0 Å². The molecule has 678 valence electrons. The molecule has 20 atom stereocenters. The van der Waals surface area contributed by atoms with Gasteiger partial charge in [-0.1, -0.05) is 13.2 Å². The van der Waals surface area contributed by atoms with Crippen LogP contribution in [0.3, 0.4) is 0 Å². The van der Waals surface area contributed by atoms with Crippen molar-refractivity contribution >= 4 is 101 Å². The molecule has 10 heterocycles. The monoisotopic (exact) mass is 1800 g/mol. The van der Waals surface area contributed by atoms with Gasteiger partial charge in [0, 0.05) is 69.8 Å². The molecule has 0 aromatic carbocycles. The highest BCUT2D eigenvalue weighted by Gasteiger charge is 2.50. The van der Waals surface area contributed by atoms with Crippen LogP contribution in [-0.2, 0) is 59.4 Å². The molecule has 0 saturated carbocycles. The summed E-state index contributed by atoms with van der Waals surface area (Å²) < 4.78 is 42.6. The third-order valence-corrected chi connectivity index (χ3v) is 27.5. The van der Waals surface area contributed by atoms with Crippen LogP contribution < -0.4 is 44.4 Å². The number of ether oxygens (including phenoxy) is 7. The number of nitrogens with one attached hydrogen (secondary N) is 4. The van der Waals surface area contributed by atoms with Gasteiger partial charge in [-0.3, -0.25) is 71.4 Å². The van der Waals surface area contributed by atoms with E-state index in [2.05, 4.69) is 100 Å². The van der Waals surface area contributed by atoms with Gasteiger partial charge in [0.05, 0.1) is 42.5 Å². The standard InChI is InChI=1S/C17H25N2O8P.C17H25N2O7P.2C15H25N2O4P.C14H23N2O5P/c1-9(20)26-8-11(21)10-7-19(17(25)18-15(10)24)16-14(23)13(22)12(27-16)5-6-28(2,3)4;1-9(20)7-11(21)10-8-19(17(25)18-15(10)24)16-14(23)13(22)12(26-16)5-6-27(2,3)4;1-10-16-12(18)6-8-17(10)15-14(20-2)13(19)11(21-15)7-9-22(3,4)5;1-9-8-17(10(2)16-14(9)20)15-13(19)12(18)11(21-15)6-7-22(3,4)5;1-15-10(17)5-7-16(14(15)20)13-12(19)11(18)9(21-13)6-8-22(2,3)4/h7,12-14,16,22-23H,2,5-6,8H2,1,3-4H3,(H,18,24,25);8,12-14,16,22-23H,2,5-7H2,1,3-4H3,(H,18,24,25);6,8,11,13-15,19H,1,3,7,9H2,2,4-5H3,(H,16,18);8,11-13,15,18-19H,2-3,6-7H2,1,4-5H3,(H,16,20);5,7,9,11-13,18-19H,2,6,8H2,1,3-4H3/t2*12-,13-,14-,16-;11-,13-,14-,15?;11-,12-,13-,15?;9-,11-,12-,13?/m11111/s1. The number of H-pyrrole nitrogens is 2. The lowest BCUT2D eigenvalue weighted by Gasteiger charge is -2.34. The quantitative estimate of drug-likeness (QED) is 0.0181. The minimum Gasteiger partial charge on any atom is -0.457 e. The number of esters is 1. The van der Waals surface area contributed by atoms with E-state index in [0.717, 1.165) is 68.7 Å². The van der Waals surface area contributed by atoms with Crippen LogP contribution in [0.1, 0.15) is 98.7 Å². The number of Topliss-reactive ketones (excluding diaryl/α,β-unsaturated/α-hetero) is 3. The summed E-state index contributed by atoms with van der Waals surface area (Å²) >= 11 is 0. The minimum atomic E-state index is -1.43. The first-order chi connectivity index (χ1) is 55.7. The lowest BCUT2D eigenvalue weighted by molar-refractivity contribution is -0.139. The maximum Gasteiger partial charge on any atom is 0.332 e. The molecule has 3 aromatic rings. The van der Waals surface area contributed by atoms with E-state index in [9.17, 15) is 103 Å². The molecule has 0 radical (unpaired) electrons. The number of carbonyl (C=O) groups is 6. The average Bonchev–Trinajstić information content (AvgIpc) is 1.68. The first kappa shape index (κ1) is 103. The zero-order valence-corrected chi connectivity index (χ0v) is 75.7. The van der Waals surface area contributed by atoms with Crippen molar-refractivity contribution in [1.29, 1.82) is 0 Å². The van der Waals surface area contributed by atoms with E-state index in [1.165, 1.54) is 32.3 Å². The number of methoxy groups -OCH3 is 1. The largest absolute Gasteiger partial charge is 0.457 e. The molecule has 3 aromatic heterocycles. The van der Waals surface area contributed by atoms with Crippen LogP contribution in [0.15, 0.2) is 102 Å². The second-order valence-electron chi connectivity index (χ2n) is 34.3. The molecule has 121 heavy (non-hydrogen) atoms. The molecule has 13 N–H and O–H groups in total. The Morgan fingerprint density at radius 1 is 0.488 bits per heavy atom. The first-order valence-corrected chi connectivity index (χ1v) is 53.9. The molecular weight excluding hydrogens is 1680 g/mol. The predicted molar refractivity (Wildman–Crippen MR) is 471 cm³/mol. The lowest BCUT2D eigenvalue weighted by atomic mass is 10.1. The highest BCUT2D eigenvalue weighted by molar-refractivity contribution is 7.73. The summed E-state index contributed by atoms with van der Waals surface area (Å²) in [7, 11) is 2.89. The zero-order valence-electron chi connectivity index (χ0n) is 71.2. The first-order valence-electron chi connectivity index (χ1n) is 38.7. The van der Waals surface area contributed by atoms with Crippen LogP contribution in [-0.4, -0.2) is 366 Å². The molecular formula is C78H123N10O28P5. The normalized spacial score (nSPS) is 28.6. The van der Waals surface area contributed by atoms with Crippen molar-refractivity contribution in [2.24, 2.45) is 7.05 Å². The Morgan fingerprint density at radius 3 is 1.21 bits per heavy atom. The zero-order chi connectivity index (χ0) is 91.5. The summed E-state index contributed by atoms with van der Waals surface area (Å²) in [5.41, 5.74) is -5.02. The molecule has 0 aliphatic carbocycles. The number of nitrogens with zero attached hydrogens (tertiary/aromatic N) is 6. The molecule has 7 aliphatic rings. The fourth-order valence-corrected chi connectivity index (χ4v) is 18.1. The van der Waals surface area contributed by atoms with Gasteiger partial charge < -0.3 is 99.6 Å². The van der Waals surface area contributed by atoms with Gasteiger partial charge in [0.15, 0.2) is 43.5 Å². The molecule has 0 bridgehead atoms. The van der Waals surface area contributed by atoms with Gasteiger partial charge in [-0.25, -0.2) is 14.4 Å². The Balaban J connectivity index is 0.000000235. The van der Waals surface area contributed by atoms with E-state index < -0.39 is 227 Å². The molecule has 7 aliphatic heterocycles. The highest BCUT2D eigenvalue weighted by Crippen LogP contribution is 2.44. The topological polar surface area (TPSA) is 533 Å². The summed E-state index contributed by atoms with van der Waals surface area (Å²) in [5.74, 6) is -2.40. The molecule has 3 unspecified atom stereocenters. The summed E-state index contributed by atoms with van der Waals surface area (Å²) in [6, 6.07) is 1.22. The number of rotatable bonds is 27. The Morgan fingerprint density at radius 2 is 0.843 bits per heavy atom. The molecule has 5 saturated heterocycles. The van der Waals surface area contributed by atoms with Gasteiger partial charge in [0.2, 0.25) is 5.78 Å². The highest BCUT2D eigenvalue weighted by atomic mass is 31.2. The van der Waals surface area contributed by atoms with Gasteiger partial charge in [0.25, 0.3) is 28.5 Å². The maximum atomic E-state index is 12.2. The number of aliphatic hydroxyl groups excluding tert-OH is 9. The number of ketones is 3. The Kier molecular flexibility index (Phi) is 36.3. The van der Waals surface area contributed by atoms with E-state index in [1.54, 1.807) is 36.2 Å². The summed E-state index contributed by atoms with van der Waals surface area (Å²) in [6.45, 7) is 25.3. The number of hydrogen-bond donors (Lipinski definition) is 13. The van der Waals surface area contributed by atoms with Crippen LogP contribution in [0.2, 0.25) is 0 Å². The summed E-state index contributed by atoms with van der Waals surface area (Å²) in [4.78, 5) is 148. The van der Waals surface area contributed by atoms with Crippen LogP contribution in [0, 0.1) is 0 Å². The fraction of sp³-hybridized carbons (Fsp3) is 0.603. The third-order valence-electron chi connectivity index (χ3n) is 20.2. The molecule has 5 fully saturated rings. The van der Waals surface area contributed by atoms with E-state index in [-0.39, 0.29) is 23.5 Å². The minimum absolute atomic E-state index is 0.227. The maximum absolute atomic E-state index is 12.2. The number of aliphatic hydroxyl groups is 9. The van der Waals surface area contributed by atoms with E-state index in [0.29, 0.717) is 49.1 Å². The second kappa shape index (κ2) is 42.7. The van der Waals surface area contributed by atoms with Crippen LogP contribution >= 0.6 is 34.4 Å². The Hall–Kier alpha value is -7.08. The third kappa shape index (κ3) is 28.7. The molecule has 43 heteroatoms. The van der Waals surface area contributed by atoms with Crippen molar-refractivity contribution in [2.45, 2.75) is 182 Å². The Labute approximate surface area is 701 Å². The number of aromatic nitrogens is 6. The van der Waals surface area contributed by atoms with Crippen molar-refractivity contribution in [2.75, 3.05) is 111 Å². The van der Waals surface area contributed by atoms with E-state index >= 15 is 0 Å². The Bertz CT molecular complexity index is 5000. The van der Waals surface area contributed by atoms with Crippen molar-refractivity contribution in [3.8, 4) is 0 Å². The number of hydrogen-bond acceptors (Lipinski definition) is 30. The van der Waals surface area contributed by atoms with E-state index in [4.69, 9.17) is 28.4 Å². The van der Waals surface area contributed by atoms with Gasteiger partial charge in [-0.05, 0) is 143 Å². The summed E-state index contributed by atoms with van der Waals surface area (Å²) in [6.07, 6.45) is 16.4. The number of amides is 2. The molecule has 2 amide bonds. The summed E-state index contributed by atoms with van der Waals surface area (Å²) in [5, 5.41) is 97.6. The van der Waals surface area contributed by atoms with Crippen LogP contribution in [0.5, 0.6) is 0 Å². The smallest absolute Gasteiger partial charge is 0.332 e. The molecule has 0 spiro atoms. The van der Waals surface area contributed by atoms with Crippen molar-refractivity contribution in [1.82, 2.24) is 48.7 Å². The van der Waals surface area contributed by atoms with Crippen LogP contribution in [0.25, 0.3) is 0 Å². The lowest BCUT2D eigenvalue weighted by Crippen LogP contribution is -2.47. The number of carbonyl (C=O) groups excluding carboxylic acids is 6. The molecule has 10 rings (SSSR count). The average molecular weight is 1800 g/mol. The van der Waals surface area contributed by atoms with E-state index in [1.807, 2.05) is 36.6 Å². The number of aromatic amines is 2. The molecule has 38 nitrogen and oxygen atoms in total. The van der Waals surface area contributed by atoms with Gasteiger partial charge in [-0.15, -0.1) is 65.9 Å².